The Labute approximate surface area is 156 Å². The predicted octanol–water partition coefficient (Wildman–Crippen LogP) is 3.58. The molecule has 0 amide bonds. The SMILES string of the molecule is CS(=O)(=O)N1CCc2cc(C(=O)COc3ccc(Cl)cc3Cl)ccc21. The number of nitrogens with zero attached hydrogens (tertiary/aromatic N) is 1. The fourth-order valence-electron chi connectivity index (χ4n) is 2.71. The number of hydrogen-bond acceptors (Lipinski definition) is 4. The molecule has 0 bridgehead atoms. The fourth-order valence-corrected chi connectivity index (χ4v) is 4.13. The highest BCUT2D eigenvalue weighted by atomic mass is 35.5. The highest BCUT2D eigenvalue weighted by Gasteiger charge is 2.26. The Balaban J connectivity index is 1.74. The molecular formula is C17H15Cl2NO4S. The van der Waals surface area contributed by atoms with Gasteiger partial charge in [-0.1, -0.05) is 23.2 Å². The van der Waals surface area contributed by atoms with Crippen molar-refractivity contribution in [3.8, 4) is 5.75 Å². The van der Waals surface area contributed by atoms with E-state index in [9.17, 15) is 13.2 Å². The minimum Gasteiger partial charge on any atom is -0.484 e. The molecular weight excluding hydrogens is 385 g/mol. The van der Waals surface area contributed by atoms with Crippen LogP contribution >= 0.6 is 23.2 Å². The number of fused-ring (bicyclic) bond motifs is 1. The van der Waals surface area contributed by atoms with Gasteiger partial charge in [0.1, 0.15) is 5.75 Å². The number of carbonyl (C=O) groups excluding carboxylic acids is 1. The maximum absolute atomic E-state index is 12.3. The quantitative estimate of drug-likeness (QED) is 0.720. The average molecular weight is 400 g/mol. The molecule has 0 aliphatic carbocycles. The Kier molecular flexibility index (Phi) is 4.95. The van der Waals surface area contributed by atoms with Crippen LogP contribution in [0.1, 0.15) is 15.9 Å². The summed E-state index contributed by atoms with van der Waals surface area (Å²) in [7, 11) is -3.31. The zero-order valence-corrected chi connectivity index (χ0v) is 15.7. The Morgan fingerprint density at radius 3 is 2.64 bits per heavy atom. The van der Waals surface area contributed by atoms with E-state index < -0.39 is 10.0 Å². The predicted molar refractivity (Wildman–Crippen MR) is 98.6 cm³/mol. The number of sulfonamides is 1. The molecule has 2 aromatic carbocycles. The topological polar surface area (TPSA) is 63.7 Å². The third-order valence-corrected chi connectivity index (χ3v) is 5.62. The number of carbonyl (C=O) groups is 1. The van der Waals surface area contributed by atoms with Crippen molar-refractivity contribution in [3.05, 3.63) is 57.6 Å². The Morgan fingerprint density at radius 1 is 1.20 bits per heavy atom. The standard InChI is InChI=1S/C17H15Cl2NO4S/c1-25(22,23)20-7-6-11-8-12(2-4-15(11)20)16(21)10-24-17-5-3-13(18)9-14(17)19/h2-5,8-9H,6-7,10H2,1H3. The number of rotatable bonds is 5. The molecule has 1 heterocycles. The van der Waals surface area contributed by atoms with Crippen molar-refractivity contribution in [2.24, 2.45) is 0 Å². The van der Waals surface area contributed by atoms with E-state index in [2.05, 4.69) is 0 Å². The van der Waals surface area contributed by atoms with Gasteiger partial charge >= 0.3 is 0 Å². The Bertz CT molecular complexity index is 944. The van der Waals surface area contributed by atoms with Gasteiger partial charge in [0.2, 0.25) is 10.0 Å². The first-order valence-corrected chi connectivity index (χ1v) is 10.1. The summed E-state index contributed by atoms with van der Waals surface area (Å²) in [5.74, 6) is 0.162. The number of ketones is 1. The van der Waals surface area contributed by atoms with Crippen LogP contribution in [0.5, 0.6) is 5.75 Å². The second-order valence-electron chi connectivity index (χ2n) is 5.72. The van der Waals surface area contributed by atoms with Gasteiger partial charge in [-0.05, 0) is 48.4 Å². The second kappa shape index (κ2) is 6.86. The number of anilines is 1. The largest absolute Gasteiger partial charge is 0.484 e. The van der Waals surface area contributed by atoms with Gasteiger partial charge in [0.05, 0.1) is 17.0 Å². The molecule has 5 nitrogen and oxygen atoms in total. The molecule has 3 rings (SSSR count). The number of Topliss-reactive ketones (excluding diaryl/α,β-unsaturated/α-hetero) is 1. The van der Waals surface area contributed by atoms with E-state index in [-0.39, 0.29) is 12.4 Å². The third kappa shape index (κ3) is 3.92. The molecule has 2 aromatic rings. The number of hydrogen-bond donors (Lipinski definition) is 0. The minimum atomic E-state index is -3.31. The highest BCUT2D eigenvalue weighted by Crippen LogP contribution is 2.31. The van der Waals surface area contributed by atoms with Gasteiger partial charge in [0.25, 0.3) is 0 Å². The van der Waals surface area contributed by atoms with E-state index in [4.69, 9.17) is 27.9 Å². The molecule has 0 spiro atoms. The lowest BCUT2D eigenvalue weighted by Gasteiger charge is -2.16. The molecule has 0 unspecified atom stereocenters. The van der Waals surface area contributed by atoms with Crippen molar-refractivity contribution in [2.45, 2.75) is 6.42 Å². The first kappa shape index (κ1) is 18.0. The Hall–Kier alpha value is -1.76. The second-order valence-corrected chi connectivity index (χ2v) is 8.47. The van der Waals surface area contributed by atoms with Gasteiger partial charge in [0, 0.05) is 17.1 Å². The van der Waals surface area contributed by atoms with Crippen LogP contribution in [0.25, 0.3) is 0 Å². The van der Waals surface area contributed by atoms with E-state index in [1.54, 1.807) is 30.3 Å². The van der Waals surface area contributed by atoms with E-state index in [0.29, 0.717) is 40.0 Å². The van der Waals surface area contributed by atoms with Crippen LogP contribution in [-0.2, 0) is 16.4 Å². The van der Waals surface area contributed by atoms with Gasteiger partial charge in [-0.15, -0.1) is 0 Å². The van der Waals surface area contributed by atoms with Gasteiger partial charge in [0.15, 0.2) is 12.4 Å². The summed E-state index contributed by atoms with van der Waals surface area (Å²) < 4.78 is 30.3. The lowest BCUT2D eigenvalue weighted by Crippen LogP contribution is -2.27. The molecule has 0 aromatic heterocycles. The summed E-state index contributed by atoms with van der Waals surface area (Å²) in [6, 6.07) is 9.75. The first-order valence-electron chi connectivity index (χ1n) is 7.47. The summed E-state index contributed by atoms with van der Waals surface area (Å²) in [5.41, 5.74) is 1.93. The maximum Gasteiger partial charge on any atom is 0.232 e. The monoisotopic (exact) mass is 399 g/mol. The van der Waals surface area contributed by atoms with E-state index in [1.807, 2.05) is 0 Å². The van der Waals surface area contributed by atoms with Gasteiger partial charge in [-0.25, -0.2) is 8.42 Å². The molecule has 1 aliphatic heterocycles. The lowest BCUT2D eigenvalue weighted by atomic mass is 10.1. The van der Waals surface area contributed by atoms with Crippen LogP contribution in [0.3, 0.4) is 0 Å². The van der Waals surface area contributed by atoms with Crippen LogP contribution < -0.4 is 9.04 Å². The van der Waals surface area contributed by atoms with Gasteiger partial charge in [-0.2, -0.15) is 0 Å². The van der Waals surface area contributed by atoms with Crippen LogP contribution in [0.4, 0.5) is 5.69 Å². The zero-order valence-electron chi connectivity index (χ0n) is 13.3. The smallest absolute Gasteiger partial charge is 0.232 e. The summed E-state index contributed by atoms with van der Waals surface area (Å²) in [5, 5.41) is 0.816. The molecule has 0 radical (unpaired) electrons. The van der Waals surface area contributed by atoms with Crippen molar-refractivity contribution in [1.82, 2.24) is 0 Å². The molecule has 0 N–H and O–H groups in total. The summed E-state index contributed by atoms with van der Waals surface area (Å²) in [6.45, 7) is 0.221. The molecule has 1 aliphatic rings. The molecule has 0 atom stereocenters. The highest BCUT2D eigenvalue weighted by molar-refractivity contribution is 7.92. The van der Waals surface area contributed by atoms with Crippen molar-refractivity contribution in [3.63, 3.8) is 0 Å². The summed E-state index contributed by atoms with van der Waals surface area (Å²) in [4.78, 5) is 12.3. The summed E-state index contributed by atoms with van der Waals surface area (Å²) in [6.07, 6.45) is 1.75. The third-order valence-electron chi connectivity index (χ3n) is 3.91. The maximum atomic E-state index is 12.3. The zero-order chi connectivity index (χ0) is 18.2. The average Bonchev–Trinajstić information content (AvgIpc) is 2.97. The fraction of sp³-hybridized carbons (Fsp3) is 0.235. The minimum absolute atomic E-state index is 0.171. The van der Waals surface area contributed by atoms with Crippen LogP contribution in [0, 0.1) is 0 Å². The van der Waals surface area contributed by atoms with E-state index in [1.165, 1.54) is 16.6 Å². The summed E-state index contributed by atoms with van der Waals surface area (Å²) >= 11 is 11.8. The molecule has 25 heavy (non-hydrogen) atoms. The Morgan fingerprint density at radius 2 is 1.96 bits per heavy atom. The van der Waals surface area contributed by atoms with E-state index >= 15 is 0 Å². The van der Waals surface area contributed by atoms with Crippen LogP contribution in [-0.4, -0.2) is 33.6 Å². The molecule has 132 valence electrons. The molecule has 0 saturated heterocycles. The molecule has 8 heteroatoms. The van der Waals surface area contributed by atoms with Crippen molar-refractivity contribution in [1.29, 1.82) is 0 Å². The van der Waals surface area contributed by atoms with Crippen molar-refractivity contribution in [2.75, 3.05) is 23.7 Å². The number of ether oxygens (including phenoxy) is 1. The lowest BCUT2D eigenvalue weighted by molar-refractivity contribution is 0.0921. The van der Waals surface area contributed by atoms with Crippen molar-refractivity contribution < 1.29 is 17.9 Å². The molecule has 0 fully saturated rings. The molecule has 0 saturated carbocycles. The van der Waals surface area contributed by atoms with Crippen molar-refractivity contribution >= 4 is 44.7 Å². The normalized spacial score (nSPS) is 13.6. The first-order chi connectivity index (χ1) is 11.8. The van der Waals surface area contributed by atoms with E-state index in [0.717, 1.165) is 5.56 Å². The van der Waals surface area contributed by atoms with Gasteiger partial charge < -0.3 is 4.74 Å². The number of benzene rings is 2. The van der Waals surface area contributed by atoms with Gasteiger partial charge in [-0.3, -0.25) is 9.10 Å². The van der Waals surface area contributed by atoms with Crippen LogP contribution in [0.2, 0.25) is 10.0 Å². The number of halogens is 2. The van der Waals surface area contributed by atoms with Crippen LogP contribution in [0.15, 0.2) is 36.4 Å².